The largest absolute Gasteiger partial charge is 0.331 e. The summed E-state index contributed by atoms with van der Waals surface area (Å²) in [5, 5.41) is 0. The molecule has 1 saturated heterocycles. The van der Waals surface area contributed by atoms with E-state index in [0.29, 0.717) is 12.5 Å². The van der Waals surface area contributed by atoms with Gasteiger partial charge in [0.15, 0.2) is 5.78 Å². The Morgan fingerprint density at radius 3 is 2.28 bits per heavy atom. The quantitative estimate of drug-likeness (QED) is 0.705. The van der Waals surface area contributed by atoms with Crippen LogP contribution in [0.2, 0.25) is 0 Å². The molecule has 1 amide bonds. The average molecular weight is 249 g/mol. The Morgan fingerprint density at radius 1 is 1.11 bits per heavy atom. The van der Waals surface area contributed by atoms with Crippen molar-refractivity contribution >= 4 is 11.7 Å². The third-order valence-electron chi connectivity index (χ3n) is 5.55. The van der Waals surface area contributed by atoms with Crippen molar-refractivity contribution < 1.29 is 9.59 Å². The molecule has 100 valence electrons. The first-order valence-corrected chi connectivity index (χ1v) is 7.49. The van der Waals surface area contributed by atoms with Crippen LogP contribution in [0.3, 0.4) is 0 Å². The second-order valence-electron chi connectivity index (χ2n) is 6.43. The highest BCUT2D eigenvalue weighted by Crippen LogP contribution is 2.48. The molecule has 2 aliphatic carbocycles. The van der Waals surface area contributed by atoms with Gasteiger partial charge < -0.3 is 4.90 Å². The van der Waals surface area contributed by atoms with Crippen LogP contribution in [-0.4, -0.2) is 29.2 Å². The van der Waals surface area contributed by atoms with Crippen LogP contribution in [0.1, 0.15) is 58.3 Å². The number of carbonyl (C=O) groups excluding carboxylic acids is 2. The molecule has 0 aromatic carbocycles. The number of ketones is 1. The third-order valence-corrected chi connectivity index (χ3v) is 5.55. The predicted molar refractivity (Wildman–Crippen MR) is 69.0 cm³/mol. The molecule has 3 heteroatoms. The summed E-state index contributed by atoms with van der Waals surface area (Å²) >= 11 is 0. The second kappa shape index (κ2) is 4.36. The number of hydrogen-bond acceptors (Lipinski definition) is 2. The standard InChI is InChI=1S/C15H23NO2/c1-11(12-6-3-2-4-7-12)16-10-13(17)15(14(16)18)8-5-9-15/h11-12H,2-10H2,1H3. The number of Topliss-reactive ketones (excluding diaryl/α,β-unsaturated/α-hetero) is 1. The highest BCUT2D eigenvalue weighted by molar-refractivity contribution is 6.13. The van der Waals surface area contributed by atoms with Crippen molar-refractivity contribution in [2.24, 2.45) is 11.3 Å². The van der Waals surface area contributed by atoms with Gasteiger partial charge in [0, 0.05) is 6.04 Å². The van der Waals surface area contributed by atoms with E-state index in [9.17, 15) is 9.59 Å². The SMILES string of the molecule is CC(C1CCCCC1)N1CC(=O)C2(CCC2)C1=O. The number of likely N-dealkylation sites (tertiary alicyclic amines) is 1. The molecule has 1 unspecified atom stereocenters. The molecule has 3 aliphatic rings. The molecule has 0 N–H and O–H groups in total. The maximum absolute atomic E-state index is 12.5. The van der Waals surface area contributed by atoms with Gasteiger partial charge in [-0.15, -0.1) is 0 Å². The van der Waals surface area contributed by atoms with Crippen molar-refractivity contribution in [2.45, 2.75) is 64.3 Å². The smallest absolute Gasteiger partial charge is 0.236 e. The molecule has 3 rings (SSSR count). The zero-order chi connectivity index (χ0) is 12.8. The molecule has 0 radical (unpaired) electrons. The van der Waals surface area contributed by atoms with Gasteiger partial charge in [-0.2, -0.15) is 0 Å². The van der Waals surface area contributed by atoms with E-state index in [-0.39, 0.29) is 17.7 Å². The van der Waals surface area contributed by atoms with E-state index >= 15 is 0 Å². The minimum absolute atomic E-state index is 0.150. The van der Waals surface area contributed by atoms with Crippen molar-refractivity contribution in [1.82, 2.24) is 4.90 Å². The van der Waals surface area contributed by atoms with Gasteiger partial charge in [0.25, 0.3) is 0 Å². The Bertz CT molecular complexity index is 367. The van der Waals surface area contributed by atoms with E-state index in [1.54, 1.807) is 0 Å². The maximum Gasteiger partial charge on any atom is 0.236 e. The van der Waals surface area contributed by atoms with Crippen LogP contribution in [0, 0.1) is 11.3 Å². The van der Waals surface area contributed by atoms with Crippen molar-refractivity contribution in [3.63, 3.8) is 0 Å². The monoisotopic (exact) mass is 249 g/mol. The van der Waals surface area contributed by atoms with E-state index in [0.717, 1.165) is 19.3 Å². The molecule has 1 atom stereocenters. The number of carbonyl (C=O) groups is 2. The van der Waals surface area contributed by atoms with E-state index in [1.807, 2.05) is 4.90 Å². The van der Waals surface area contributed by atoms with E-state index in [4.69, 9.17) is 0 Å². The summed E-state index contributed by atoms with van der Waals surface area (Å²) in [6.07, 6.45) is 9.02. The highest BCUT2D eigenvalue weighted by atomic mass is 16.2. The second-order valence-corrected chi connectivity index (χ2v) is 6.43. The van der Waals surface area contributed by atoms with Crippen LogP contribution < -0.4 is 0 Å². The lowest BCUT2D eigenvalue weighted by atomic mass is 9.67. The molecular weight excluding hydrogens is 226 g/mol. The molecule has 1 aliphatic heterocycles. The molecule has 2 saturated carbocycles. The summed E-state index contributed by atoms with van der Waals surface area (Å²) in [7, 11) is 0. The van der Waals surface area contributed by atoms with Crippen LogP contribution in [0.25, 0.3) is 0 Å². The van der Waals surface area contributed by atoms with Crippen molar-refractivity contribution in [3.05, 3.63) is 0 Å². The van der Waals surface area contributed by atoms with Gasteiger partial charge in [0.05, 0.1) is 6.54 Å². The lowest BCUT2D eigenvalue weighted by Crippen LogP contribution is -2.46. The minimum atomic E-state index is -0.567. The Balaban J connectivity index is 1.73. The Morgan fingerprint density at radius 2 is 1.78 bits per heavy atom. The lowest BCUT2D eigenvalue weighted by molar-refractivity contribution is -0.146. The van der Waals surface area contributed by atoms with Crippen LogP contribution in [0.4, 0.5) is 0 Å². The van der Waals surface area contributed by atoms with Crippen molar-refractivity contribution in [2.75, 3.05) is 6.54 Å². The molecule has 0 aromatic rings. The maximum atomic E-state index is 12.5. The molecular formula is C15H23NO2. The molecule has 3 fully saturated rings. The van der Waals surface area contributed by atoms with Gasteiger partial charge in [-0.1, -0.05) is 25.7 Å². The first-order chi connectivity index (χ1) is 8.65. The topological polar surface area (TPSA) is 37.4 Å². The zero-order valence-corrected chi connectivity index (χ0v) is 11.3. The summed E-state index contributed by atoms with van der Waals surface area (Å²) in [5.74, 6) is 0.962. The van der Waals surface area contributed by atoms with Crippen LogP contribution in [0.5, 0.6) is 0 Å². The van der Waals surface area contributed by atoms with Gasteiger partial charge >= 0.3 is 0 Å². The average Bonchev–Trinajstić information content (AvgIpc) is 2.61. The summed E-state index contributed by atoms with van der Waals surface area (Å²) in [6, 6.07) is 0.265. The van der Waals surface area contributed by atoms with Crippen molar-refractivity contribution in [3.8, 4) is 0 Å². The molecule has 18 heavy (non-hydrogen) atoms. The Hall–Kier alpha value is -0.860. The van der Waals surface area contributed by atoms with E-state index in [2.05, 4.69) is 6.92 Å². The molecule has 1 heterocycles. The van der Waals surface area contributed by atoms with Crippen molar-refractivity contribution in [1.29, 1.82) is 0 Å². The number of amides is 1. The fraction of sp³-hybridized carbons (Fsp3) is 0.867. The first-order valence-electron chi connectivity index (χ1n) is 7.49. The zero-order valence-electron chi connectivity index (χ0n) is 11.3. The minimum Gasteiger partial charge on any atom is -0.331 e. The summed E-state index contributed by atoms with van der Waals surface area (Å²) < 4.78 is 0. The number of hydrogen-bond donors (Lipinski definition) is 0. The van der Waals surface area contributed by atoms with Gasteiger partial charge in [0.2, 0.25) is 5.91 Å². The fourth-order valence-corrected chi connectivity index (χ4v) is 4.00. The van der Waals surface area contributed by atoms with E-state index < -0.39 is 5.41 Å². The highest BCUT2D eigenvalue weighted by Gasteiger charge is 2.58. The van der Waals surface area contributed by atoms with Crippen LogP contribution >= 0.6 is 0 Å². The van der Waals surface area contributed by atoms with Crippen LogP contribution in [-0.2, 0) is 9.59 Å². The van der Waals surface area contributed by atoms with Gasteiger partial charge in [0.1, 0.15) is 5.41 Å². The molecule has 1 spiro atoms. The van der Waals surface area contributed by atoms with Gasteiger partial charge in [-0.05, 0) is 38.5 Å². The summed E-state index contributed by atoms with van der Waals surface area (Å²) in [4.78, 5) is 26.5. The predicted octanol–water partition coefficient (Wildman–Crippen LogP) is 2.54. The van der Waals surface area contributed by atoms with E-state index in [1.165, 1.54) is 32.1 Å². The Kier molecular flexibility index (Phi) is 2.95. The normalized spacial score (nSPS) is 29.7. The summed E-state index contributed by atoms with van der Waals surface area (Å²) in [6.45, 7) is 2.54. The third kappa shape index (κ3) is 1.63. The summed E-state index contributed by atoms with van der Waals surface area (Å²) in [5.41, 5.74) is -0.567. The van der Waals surface area contributed by atoms with Gasteiger partial charge in [-0.25, -0.2) is 0 Å². The Labute approximate surface area is 109 Å². The molecule has 3 nitrogen and oxygen atoms in total. The lowest BCUT2D eigenvalue weighted by Gasteiger charge is -2.38. The number of rotatable bonds is 2. The van der Waals surface area contributed by atoms with Gasteiger partial charge in [-0.3, -0.25) is 9.59 Å². The number of nitrogens with zero attached hydrogens (tertiary/aromatic N) is 1. The molecule has 0 aromatic heterocycles. The fourth-order valence-electron chi connectivity index (χ4n) is 4.00. The van der Waals surface area contributed by atoms with Crippen LogP contribution in [0.15, 0.2) is 0 Å². The first kappa shape index (κ1) is 12.2. The molecule has 0 bridgehead atoms.